The highest BCUT2D eigenvalue weighted by molar-refractivity contribution is 5.91. The molecule has 1 aliphatic carbocycles. The van der Waals surface area contributed by atoms with Crippen LogP contribution in [0.5, 0.6) is 11.5 Å². The summed E-state index contributed by atoms with van der Waals surface area (Å²) in [6, 6.07) is 14.5. The second-order valence-corrected chi connectivity index (χ2v) is 9.12. The number of carbonyl (C=O) groups is 2. The Balaban J connectivity index is 1.29. The second-order valence-electron chi connectivity index (χ2n) is 9.12. The zero-order valence-corrected chi connectivity index (χ0v) is 21.1. The van der Waals surface area contributed by atoms with Crippen LogP contribution in [0.25, 0.3) is 0 Å². The molecular weight excluding hydrogens is 456 g/mol. The predicted octanol–water partition coefficient (Wildman–Crippen LogP) is 6.81. The summed E-state index contributed by atoms with van der Waals surface area (Å²) in [6.07, 6.45) is 12.6. The Morgan fingerprint density at radius 2 is 1.44 bits per heavy atom. The molecule has 0 spiro atoms. The van der Waals surface area contributed by atoms with E-state index < -0.39 is 5.97 Å². The SMILES string of the molecule is C=CC(=O)OCCCCCCCOc1ccc(C(=O)Oc2ccc(COC3CCCCC3)cc2)cc1. The van der Waals surface area contributed by atoms with Crippen LogP contribution in [0.15, 0.2) is 61.2 Å². The zero-order valence-electron chi connectivity index (χ0n) is 21.1. The molecule has 6 nitrogen and oxygen atoms in total. The van der Waals surface area contributed by atoms with Gasteiger partial charge in [-0.2, -0.15) is 0 Å². The predicted molar refractivity (Wildman–Crippen MR) is 139 cm³/mol. The third kappa shape index (κ3) is 10.2. The van der Waals surface area contributed by atoms with E-state index in [0.29, 0.717) is 37.2 Å². The molecule has 2 aromatic carbocycles. The summed E-state index contributed by atoms with van der Waals surface area (Å²) < 4.78 is 22.2. The molecule has 0 N–H and O–H groups in total. The molecule has 6 heteroatoms. The minimum absolute atomic E-state index is 0.368. The van der Waals surface area contributed by atoms with Crippen LogP contribution in [0.3, 0.4) is 0 Å². The summed E-state index contributed by atoms with van der Waals surface area (Å²) in [6.45, 7) is 5.02. The van der Waals surface area contributed by atoms with Gasteiger partial charge in [-0.3, -0.25) is 0 Å². The van der Waals surface area contributed by atoms with Crippen molar-refractivity contribution in [3.63, 3.8) is 0 Å². The Hall–Kier alpha value is -3.12. The van der Waals surface area contributed by atoms with E-state index in [1.807, 2.05) is 24.3 Å². The van der Waals surface area contributed by atoms with Gasteiger partial charge in [0.1, 0.15) is 11.5 Å². The number of hydrogen-bond acceptors (Lipinski definition) is 6. The van der Waals surface area contributed by atoms with Crippen molar-refractivity contribution >= 4 is 11.9 Å². The van der Waals surface area contributed by atoms with Gasteiger partial charge >= 0.3 is 11.9 Å². The third-order valence-electron chi connectivity index (χ3n) is 6.23. The van der Waals surface area contributed by atoms with Crippen LogP contribution >= 0.6 is 0 Å². The van der Waals surface area contributed by atoms with Crippen LogP contribution in [-0.2, 0) is 20.9 Å². The molecule has 0 aliphatic heterocycles. The number of ether oxygens (including phenoxy) is 4. The molecule has 0 unspecified atom stereocenters. The van der Waals surface area contributed by atoms with E-state index in [1.54, 1.807) is 24.3 Å². The zero-order chi connectivity index (χ0) is 25.4. The average Bonchev–Trinajstić information content (AvgIpc) is 2.92. The Bertz CT molecular complexity index is 929. The Kier molecular flexibility index (Phi) is 12.0. The summed E-state index contributed by atoms with van der Waals surface area (Å²) in [5.41, 5.74) is 1.56. The topological polar surface area (TPSA) is 71.1 Å². The van der Waals surface area contributed by atoms with Crippen LogP contribution < -0.4 is 9.47 Å². The van der Waals surface area contributed by atoms with Crippen LogP contribution in [0, 0.1) is 0 Å². The number of rotatable bonds is 15. The van der Waals surface area contributed by atoms with Crippen molar-refractivity contribution in [2.45, 2.75) is 76.9 Å². The van der Waals surface area contributed by atoms with Crippen molar-refractivity contribution < 1.29 is 28.5 Å². The van der Waals surface area contributed by atoms with Crippen LogP contribution in [0.4, 0.5) is 0 Å². The molecule has 1 fully saturated rings. The van der Waals surface area contributed by atoms with Gasteiger partial charge in [0.2, 0.25) is 0 Å². The number of hydrogen-bond donors (Lipinski definition) is 0. The van der Waals surface area contributed by atoms with Gasteiger partial charge in [-0.05, 0) is 67.6 Å². The van der Waals surface area contributed by atoms with Gasteiger partial charge in [0, 0.05) is 6.08 Å². The quantitative estimate of drug-likeness (QED) is 0.117. The number of unbranched alkanes of at least 4 members (excludes halogenated alkanes) is 4. The van der Waals surface area contributed by atoms with Crippen molar-refractivity contribution in [2.24, 2.45) is 0 Å². The fourth-order valence-corrected chi connectivity index (χ4v) is 4.11. The van der Waals surface area contributed by atoms with Gasteiger partial charge in [0.25, 0.3) is 0 Å². The van der Waals surface area contributed by atoms with Crippen molar-refractivity contribution in [2.75, 3.05) is 13.2 Å². The minimum Gasteiger partial charge on any atom is -0.494 e. The van der Waals surface area contributed by atoms with Gasteiger partial charge in [-0.1, -0.05) is 57.2 Å². The standard InChI is InChI=1S/C30H38O6/c1-2-29(31)34-22-10-5-3-4-9-21-33-27-19-15-25(16-20-27)30(32)36-28-17-13-24(14-18-28)23-35-26-11-7-6-8-12-26/h2,13-20,26H,1,3-12,21-23H2. The molecule has 1 saturated carbocycles. The highest BCUT2D eigenvalue weighted by Crippen LogP contribution is 2.22. The van der Waals surface area contributed by atoms with Crippen LogP contribution in [-0.4, -0.2) is 31.3 Å². The largest absolute Gasteiger partial charge is 0.494 e. The lowest BCUT2D eigenvalue weighted by atomic mass is 9.98. The lowest BCUT2D eigenvalue weighted by molar-refractivity contribution is -0.137. The summed E-state index contributed by atoms with van der Waals surface area (Å²) in [5.74, 6) is 0.476. The molecule has 0 bridgehead atoms. The van der Waals surface area contributed by atoms with Gasteiger partial charge < -0.3 is 18.9 Å². The molecule has 0 amide bonds. The molecule has 3 rings (SSSR count). The monoisotopic (exact) mass is 494 g/mol. The fraction of sp³-hybridized carbons (Fsp3) is 0.467. The number of benzene rings is 2. The Morgan fingerprint density at radius 1 is 0.806 bits per heavy atom. The molecule has 1 aliphatic rings. The maximum absolute atomic E-state index is 12.5. The maximum atomic E-state index is 12.5. The van der Waals surface area contributed by atoms with Gasteiger partial charge in [0.15, 0.2) is 0 Å². The highest BCUT2D eigenvalue weighted by atomic mass is 16.5. The first kappa shape index (κ1) is 27.5. The molecule has 36 heavy (non-hydrogen) atoms. The summed E-state index contributed by atoms with van der Waals surface area (Å²) >= 11 is 0. The second kappa shape index (κ2) is 15.8. The lowest BCUT2D eigenvalue weighted by Crippen LogP contribution is -2.16. The molecule has 0 heterocycles. The van der Waals surface area contributed by atoms with Crippen LogP contribution in [0.2, 0.25) is 0 Å². The van der Waals surface area contributed by atoms with E-state index in [-0.39, 0.29) is 5.97 Å². The Morgan fingerprint density at radius 3 is 2.14 bits per heavy atom. The van der Waals surface area contributed by atoms with E-state index in [4.69, 9.17) is 18.9 Å². The third-order valence-corrected chi connectivity index (χ3v) is 6.23. The maximum Gasteiger partial charge on any atom is 0.343 e. The first-order chi connectivity index (χ1) is 17.6. The smallest absolute Gasteiger partial charge is 0.343 e. The molecule has 0 saturated heterocycles. The van der Waals surface area contributed by atoms with Crippen molar-refractivity contribution in [3.05, 3.63) is 72.3 Å². The molecule has 0 aromatic heterocycles. The van der Waals surface area contributed by atoms with Crippen molar-refractivity contribution in [1.82, 2.24) is 0 Å². The summed E-state index contributed by atoms with van der Waals surface area (Å²) in [4.78, 5) is 23.4. The van der Waals surface area contributed by atoms with Crippen molar-refractivity contribution in [1.29, 1.82) is 0 Å². The lowest BCUT2D eigenvalue weighted by Gasteiger charge is -2.22. The first-order valence-electron chi connectivity index (χ1n) is 13.1. The minimum atomic E-state index is -0.397. The molecule has 0 radical (unpaired) electrons. The van der Waals surface area contributed by atoms with E-state index in [2.05, 4.69) is 6.58 Å². The van der Waals surface area contributed by atoms with Gasteiger partial charge in [-0.15, -0.1) is 0 Å². The van der Waals surface area contributed by atoms with E-state index in [1.165, 1.54) is 25.3 Å². The van der Waals surface area contributed by atoms with E-state index >= 15 is 0 Å². The molecule has 0 atom stereocenters. The van der Waals surface area contributed by atoms with Crippen LogP contribution in [0.1, 0.15) is 80.1 Å². The van der Waals surface area contributed by atoms with E-state index in [9.17, 15) is 9.59 Å². The number of esters is 2. The molecular formula is C30H38O6. The molecule has 194 valence electrons. The average molecular weight is 495 g/mol. The van der Waals surface area contributed by atoms with E-state index in [0.717, 1.165) is 56.3 Å². The molecule has 2 aromatic rings. The van der Waals surface area contributed by atoms with Gasteiger partial charge in [0.05, 0.1) is 31.5 Å². The normalized spacial score (nSPS) is 13.7. The highest BCUT2D eigenvalue weighted by Gasteiger charge is 2.14. The van der Waals surface area contributed by atoms with Gasteiger partial charge in [-0.25, -0.2) is 9.59 Å². The fourth-order valence-electron chi connectivity index (χ4n) is 4.11. The number of carbonyl (C=O) groups excluding carboxylic acids is 2. The summed E-state index contributed by atoms with van der Waals surface area (Å²) in [7, 11) is 0. The Labute approximate surface area is 214 Å². The first-order valence-corrected chi connectivity index (χ1v) is 13.1. The summed E-state index contributed by atoms with van der Waals surface area (Å²) in [5, 5.41) is 0. The van der Waals surface area contributed by atoms with Crippen molar-refractivity contribution in [3.8, 4) is 11.5 Å².